The Bertz CT molecular complexity index is 551. The molecule has 0 aliphatic heterocycles. The molecule has 1 aromatic carbocycles. The van der Waals surface area contributed by atoms with Crippen LogP contribution in [0.15, 0.2) is 29.6 Å². The summed E-state index contributed by atoms with van der Waals surface area (Å²) in [5, 5.41) is 7.52. The lowest BCUT2D eigenvalue weighted by Crippen LogP contribution is -2.29. The fourth-order valence-corrected chi connectivity index (χ4v) is 4.69. The van der Waals surface area contributed by atoms with Gasteiger partial charge in [0.15, 0.2) is 0 Å². The second kappa shape index (κ2) is 7.42. The van der Waals surface area contributed by atoms with E-state index in [1.807, 2.05) is 11.3 Å². The SMILES string of the molecule is CCCNC(c1cccc2ccsc12)C1CCCCCC1. The highest BCUT2D eigenvalue weighted by atomic mass is 32.1. The monoisotopic (exact) mass is 301 g/mol. The van der Waals surface area contributed by atoms with E-state index in [0.29, 0.717) is 6.04 Å². The minimum Gasteiger partial charge on any atom is -0.310 e. The highest BCUT2D eigenvalue weighted by Gasteiger charge is 2.25. The van der Waals surface area contributed by atoms with E-state index in [9.17, 15) is 0 Å². The Morgan fingerprint density at radius 3 is 2.71 bits per heavy atom. The molecule has 0 amide bonds. The van der Waals surface area contributed by atoms with E-state index in [2.05, 4.69) is 41.9 Å². The maximum Gasteiger partial charge on any atom is 0.0390 e. The topological polar surface area (TPSA) is 12.0 Å². The molecular formula is C19H27NS. The minimum atomic E-state index is 0.547. The highest BCUT2D eigenvalue weighted by Crippen LogP contribution is 2.38. The number of hydrogen-bond donors (Lipinski definition) is 1. The maximum atomic E-state index is 3.87. The van der Waals surface area contributed by atoms with Gasteiger partial charge < -0.3 is 5.32 Å². The molecule has 0 spiro atoms. The van der Waals surface area contributed by atoms with Gasteiger partial charge in [-0.15, -0.1) is 11.3 Å². The first-order valence-corrected chi connectivity index (χ1v) is 9.47. The summed E-state index contributed by atoms with van der Waals surface area (Å²) in [6.07, 6.45) is 9.68. The van der Waals surface area contributed by atoms with Crippen molar-refractivity contribution in [2.75, 3.05) is 6.54 Å². The summed E-state index contributed by atoms with van der Waals surface area (Å²) in [5.74, 6) is 0.812. The number of hydrogen-bond acceptors (Lipinski definition) is 2. The Balaban J connectivity index is 1.92. The molecule has 0 bridgehead atoms. The van der Waals surface area contributed by atoms with Crippen molar-refractivity contribution in [2.45, 2.75) is 57.9 Å². The molecule has 1 saturated carbocycles. The van der Waals surface area contributed by atoms with Crippen LogP contribution in [0.4, 0.5) is 0 Å². The molecule has 0 saturated heterocycles. The van der Waals surface area contributed by atoms with Crippen LogP contribution in [0.5, 0.6) is 0 Å². The first-order chi connectivity index (χ1) is 10.4. The van der Waals surface area contributed by atoms with Gasteiger partial charge in [-0.25, -0.2) is 0 Å². The standard InChI is InChI=1S/C19H27NS/c1-2-13-20-18(15-8-5-3-4-6-9-15)17-11-7-10-16-12-14-21-19(16)17/h7,10-12,14-15,18,20H,2-6,8-9,13H2,1H3. The van der Waals surface area contributed by atoms with E-state index < -0.39 is 0 Å². The van der Waals surface area contributed by atoms with E-state index in [1.54, 1.807) is 5.56 Å². The number of benzene rings is 1. The molecule has 1 aliphatic carbocycles. The molecule has 2 heteroatoms. The summed E-state index contributed by atoms with van der Waals surface area (Å²) in [5.41, 5.74) is 1.54. The third-order valence-electron chi connectivity index (χ3n) is 4.83. The molecule has 0 radical (unpaired) electrons. The van der Waals surface area contributed by atoms with Gasteiger partial charge in [0.2, 0.25) is 0 Å². The quantitative estimate of drug-likeness (QED) is 0.677. The average Bonchev–Trinajstić information content (AvgIpc) is 2.84. The second-order valence-corrected chi connectivity index (χ2v) is 7.29. The molecule has 1 aromatic heterocycles. The first kappa shape index (κ1) is 15.1. The lowest BCUT2D eigenvalue weighted by Gasteiger charge is -2.28. The first-order valence-electron chi connectivity index (χ1n) is 8.59. The fourth-order valence-electron chi connectivity index (χ4n) is 3.74. The summed E-state index contributed by atoms with van der Waals surface area (Å²) in [6, 6.07) is 9.65. The molecule has 1 atom stereocenters. The summed E-state index contributed by atoms with van der Waals surface area (Å²) in [4.78, 5) is 0. The van der Waals surface area contributed by atoms with Crippen molar-refractivity contribution in [2.24, 2.45) is 5.92 Å². The van der Waals surface area contributed by atoms with Crippen LogP contribution >= 0.6 is 11.3 Å². The van der Waals surface area contributed by atoms with Crippen LogP contribution in [0.1, 0.15) is 63.5 Å². The van der Waals surface area contributed by atoms with E-state index in [-0.39, 0.29) is 0 Å². The number of thiophene rings is 1. The molecule has 114 valence electrons. The van der Waals surface area contributed by atoms with Gasteiger partial charge in [-0.3, -0.25) is 0 Å². The number of rotatable bonds is 5. The molecule has 1 N–H and O–H groups in total. The van der Waals surface area contributed by atoms with E-state index >= 15 is 0 Å². The molecule has 1 aliphatic rings. The second-order valence-electron chi connectivity index (χ2n) is 6.37. The van der Waals surface area contributed by atoms with Crippen LogP contribution in [0.3, 0.4) is 0 Å². The van der Waals surface area contributed by atoms with E-state index in [0.717, 1.165) is 12.5 Å². The zero-order valence-corrected chi connectivity index (χ0v) is 13.9. The average molecular weight is 301 g/mol. The molecule has 3 rings (SSSR count). The summed E-state index contributed by atoms with van der Waals surface area (Å²) >= 11 is 1.90. The Morgan fingerprint density at radius 2 is 1.95 bits per heavy atom. The fraction of sp³-hybridized carbons (Fsp3) is 0.579. The smallest absolute Gasteiger partial charge is 0.0390 e. The maximum absolute atomic E-state index is 3.87. The van der Waals surface area contributed by atoms with Gasteiger partial charge in [-0.2, -0.15) is 0 Å². The third kappa shape index (κ3) is 3.49. The van der Waals surface area contributed by atoms with Crippen molar-refractivity contribution < 1.29 is 0 Å². The van der Waals surface area contributed by atoms with Crippen LogP contribution in [0.2, 0.25) is 0 Å². The van der Waals surface area contributed by atoms with E-state index in [1.165, 1.54) is 55.0 Å². The normalized spacial score (nSPS) is 18.7. The lowest BCUT2D eigenvalue weighted by molar-refractivity contribution is 0.327. The Labute approximate surface area is 132 Å². The number of fused-ring (bicyclic) bond motifs is 1. The van der Waals surface area contributed by atoms with Crippen molar-refractivity contribution in [1.29, 1.82) is 0 Å². The van der Waals surface area contributed by atoms with Gasteiger partial charge in [0.25, 0.3) is 0 Å². The van der Waals surface area contributed by atoms with Crippen molar-refractivity contribution in [3.63, 3.8) is 0 Å². The van der Waals surface area contributed by atoms with Gasteiger partial charge >= 0.3 is 0 Å². The van der Waals surface area contributed by atoms with Crippen molar-refractivity contribution >= 4 is 21.4 Å². The van der Waals surface area contributed by atoms with Gasteiger partial charge in [0.1, 0.15) is 0 Å². The molecular weight excluding hydrogens is 274 g/mol. The summed E-state index contributed by atoms with van der Waals surface area (Å²) in [6.45, 7) is 3.39. The largest absolute Gasteiger partial charge is 0.310 e. The van der Waals surface area contributed by atoms with Crippen LogP contribution < -0.4 is 5.32 Å². The predicted octanol–water partition coefficient (Wildman–Crippen LogP) is 5.91. The lowest BCUT2D eigenvalue weighted by atomic mass is 9.86. The molecule has 2 aromatic rings. The molecule has 1 heterocycles. The van der Waals surface area contributed by atoms with E-state index in [4.69, 9.17) is 0 Å². The van der Waals surface area contributed by atoms with Crippen molar-refractivity contribution in [3.05, 3.63) is 35.2 Å². The summed E-state index contributed by atoms with van der Waals surface area (Å²) < 4.78 is 1.50. The molecule has 21 heavy (non-hydrogen) atoms. The van der Waals surface area contributed by atoms with Crippen molar-refractivity contribution in [1.82, 2.24) is 5.32 Å². The Hall–Kier alpha value is -0.860. The Kier molecular flexibility index (Phi) is 5.32. The van der Waals surface area contributed by atoms with Crippen molar-refractivity contribution in [3.8, 4) is 0 Å². The molecule has 1 fully saturated rings. The van der Waals surface area contributed by atoms with Crippen LogP contribution in [-0.4, -0.2) is 6.54 Å². The molecule has 1 unspecified atom stereocenters. The predicted molar refractivity (Wildman–Crippen MR) is 94.1 cm³/mol. The van der Waals surface area contributed by atoms with Gasteiger partial charge in [-0.1, -0.05) is 50.8 Å². The van der Waals surface area contributed by atoms with Crippen LogP contribution in [0.25, 0.3) is 10.1 Å². The minimum absolute atomic E-state index is 0.547. The molecule has 1 nitrogen and oxygen atoms in total. The van der Waals surface area contributed by atoms with Crippen LogP contribution in [0, 0.1) is 5.92 Å². The zero-order valence-electron chi connectivity index (χ0n) is 13.1. The Morgan fingerprint density at radius 1 is 1.14 bits per heavy atom. The van der Waals surface area contributed by atoms with Gasteiger partial charge in [0.05, 0.1) is 0 Å². The van der Waals surface area contributed by atoms with Crippen LogP contribution in [-0.2, 0) is 0 Å². The number of nitrogens with one attached hydrogen (secondary N) is 1. The summed E-state index contributed by atoms with van der Waals surface area (Å²) in [7, 11) is 0. The van der Waals surface area contributed by atoms with Gasteiger partial charge in [0, 0.05) is 10.7 Å². The third-order valence-corrected chi connectivity index (χ3v) is 5.81. The highest BCUT2D eigenvalue weighted by molar-refractivity contribution is 7.17. The zero-order chi connectivity index (χ0) is 14.5. The van der Waals surface area contributed by atoms with Gasteiger partial charge in [-0.05, 0) is 54.1 Å².